The monoisotopic (exact) mass is 261 g/mol. The summed E-state index contributed by atoms with van der Waals surface area (Å²) in [4.78, 5) is 4.24. The van der Waals surface area contributed by atoms with Gasteiger partial charge in [0.1, 0.15) is 11.9 Å². The lowest BCUT2D eigenvalue weighted by Gasteiger charge is -2.12. The maximum absolute atomic E-state index is 9.03. The smallest absolute Gasteiger partial charge is 0.156 e. The molecule has 6 nitrogen and oxygen atoms in total. The van der Waals surface area contributed by atoms with E-state index in [1.807, 2.05) is 12.1 Å². The van der Waals surface area contributed by atoms with Gasteiger partial charge >= 0.3 is 0 Å². The Kier molecular flexibility index (Phi) is 3.43. The fourth-order valence-electron chi connectivity index (χ4n) is 1.96. The Balaban J connectivity index is 1.78. The first kappa shape index (κ1) is 12.1. The van der Waals surface area contributed by atoms with E-state index in [-0.39, 0.29) is 12.7 Å². The SMILES string of the molecule is OCc1cnn(-c2cc(OC3CCOC3)ccn2)c1. The average Bonchev–Trinajstić information content (AvgIpc) is 3.09. The van der Waals surface area contributed by atoms with Crippen LogP contribution in [0.15, 0.2) is 30.7 Å². The van der Waals surface area contributed by atoms with E-state index in [9.17, 15) is 0 Å². The van der Waals surface area contributed by atoms with Gasteiger partial charge in [-0.3, -0.25) is 0 Å². The number of aliphatic hydroxyl groups is 1. The van der Waals surface area contributed by atoms with Crippen molar-refractivity contribution < 1.29 is 14.6 Å². The summed E-state index contributed by atoms with van der Waals surface area (Å²) in [5.74, 6) is 1.41. The van der Waals surface area contributed by atoms with Crippen molar-refractivity contribution in [3.63, 3.8) is 0 Å². The first-order valence-electron chi connectivity index (χ1n) is 6.20. The summed E-state index contributed by atoms with van der Waals surface area (Å²) < 4.78 is 12.7. The number of hydrogen-bond acceptors (Lipinski definition) is 5. The molecule has 2 aromatic rings. The molecular formula is C13H15N3O3. The van der Waals surface area contributed by atoms with Crippen LogP contribution in [0.4, 0.5) is 0 Å². The van der Waals surface area contributed by atoms with Crippen LogP contribution in [-0.4, -0.2) is 39.2 Å². The molecule has 0 bridgehead atoms. The molecule has 0 aliphatic carbocycles. The molecule has 0 amide bonds. The molecule has 0 radical (unpaired) electrons. The molecule has 0 aromatic carbocycles. The van der Waals surface area contributed by atoms with Crippen molar-refractivity contribution in [2.75, 3.05) is 13.2 Å². The number of pyridine rings is 1. The van der Waals surface area contributed by atoms with E-state index in [1.54, 1.807) is 23.3 Å². The van der Waals surface area contributed by atoms with Crippen LogP contribution in [0.2, 0.25) is 0 Å². The maximum Gasteiger partial charge on any atom is 0.156 e. The Hall–Kier alpha value is -1.92. The van der Waals surface area contributed by atoms with Crippen LogP contribution in [0, 0.1) is 0 Å². The molecule has 19 heavy (non-hydrogen) atoms. The fourth-order valence-corrected chi connectivity index (χ4v) is 1.96. The molecule has 1 aliphatic heterocycles. The van der Waals surface area contributed by atoms with Gasteiger partial charge in [-0.2, -0.15) is 5.10 Å². The van der Waals surface area contributed by atoms with Crippen LogP contribution in [0.5, 0.6) is 5.75 Å². The van der Waals surface area contributed by atoms with E-state index in [4.69, 9.17) is 14.6 Å². The minimum Gasteiger partial charge on any atom is -0.488 e. The number of ether oxygens (including phenoxy) is 2. The largest absolute Gasteiger partial charge is 0.488 e. The second-order valence-corrected chi connectivity index (χ2v) is 4.40. The molecule has 1 atom stereocenters. The number of hydrogen-bond donors (Lipinski definition) is 1. The van der Waals surface area contributed by atoms with Crippen molar-refractivity contribution >= 4 is 0 Å². The number of aromatic nitrogens is 3. The molecular weight excluding hydrogens is 246 g/mol. The standard InChI is InChI=1S/C13H15N3O3/c17-8-10-6-15-16(7-10)13-5-11(1-3-14-13)19-12-2-4-18-9-12/h1,3,5-7,12,17H,2,4,8-9H2. The molecule has 2 aromatic heterocycles. The normalized spacial score (nSPS) is 18.7. The van der Waals surface area contributed by atoms with Gasteiger partial charge in [0.25, 0.3) is 0 Å². The molecule has 1 aliphatic rings. The molecule has 100 valence electrons. The summed E-state index contributed by atoms with van der Waals surface area (Å²) in [6.45, 7) is 1.35. The fraction of sp³-hybridized carbons (Fsp3) is 0.385. The summed E-state index contributed by atoms with van der Waals surface area (Å²) in [5.41, 5.74) is 0.748. The van der Waals surface area contributed by atoms with Gasteiger partial charge in [-0.25, -0.2) is 9.67 Å². The number of rotatable bonds is 4. The van der Waals surface area contributed by atoms with Crippen LogP contribution in [0.25, 0.3) is 5.82 Å². The molecule has 1 unspecified atom stereocenters. The highest BCUT2D eigenvalue weighted by Gasteiger charge is 2.17. The van der Waals surface area contributed by atoms with Crippen LogP contribution >= 0.6 is 0 Å². The second-order valence-electron chi connectivity index (χ2n) is 4.40. The molecule has 6 heteroatoms. The number of nitrogens with zero attached hydrogens (tertiary/aromatic N) is 3. The van der Waals surface area contributed by atoms with E-state index in [0.29, 0.717) is 12.4 Å². The van der Waals surface area contributed by atoms with E-state index < -0.39 is 0 Å². The minimum absolute atomic E-state index is 0.0321. The highest BCUT2D eigenvalue weighted by atomic mass is 16.5. The third-order valence-corrected chi connectivity index (χ3v) is 2.96. The quantitative estimate of drug-likeness (QED) is 0.886. The molecule has 1 saturated heterocycles. The molecule has 0 saturated carbocycles. The summed E-state index contributed by atoms with van der Waals surface area (Å²) in [7, 11) is 0. The van der Waals surface area contributed by atoms with Crippen molar-refractivity contribution in [1.29, 1.82) is 0 Å². The highest BCUT2D eigenvalue weighted by molar-refractivity contribution is 5.32. The van der Waals surface area contributed by atoms with E-state index >= 15 is 0 Å². The van der Waals surface area contributed by atoms with E-state index in [2.05, 4.69) is 10.1 Å². The van der Waals surface area contributed by atoms with Crippen LogP contribution in [0.3, 0.4) is 0 Å². The molecule has 1 fully saturated rings. The van der Waals surface area contributed by atoms with Crippen LogP contribution < -0.4 is 4.74 Å². The first-order valence-corrected chi connectivity index (χ1v) is 6.20. The zero-order valence-electron chi connectivity index (χ0n) is 10.4. The van der Waals surface area contributed by atoms with E-state index in [1.165, 1.54) is 0 Å². The lowest BCUT2D eigenvalue weighted by molar-refractivity contribution is 0.141. The van der Waals surface area contributed by atoms with Crippen molar-refractivity contribution in [2.45, 2.75) is 19.1 Å². The second kappa shape index (κ2) is 5.38. The van der Waals surface area contributed by atoms with Gasteiger partial charge in [0.05, 0.1) is 26.0 Å². The van der Waals surface area contributed by atoms with Gasteiger partial charge in [-0.05, 0) is 6.07 Å². The van der Waals surface area contributed by atoms with Gasteiger partial charge in [-0.1, -0.05) is 0 Å². The van der Waals surface area contributed by atoms with Gasteiger partial charge in [-0.15, -0.1) is 0 Å². The van der Waals surface area contributed by atoms with Crippen LogP contribution in [-0.2, 0) is 11.3 Å². The molecule has 3 heterocycles. The van der Waals surface area contributed by atoms with Gasteiger partial charge in [0.15, 0.2) is 5.82 Å². The topological polar surface area (TPSA) is 69.4 Å². The summed E-state index contributed by atoms with van der Waals surface area (Å²) in [5, 5.41) is 13.2. The Morgan fingerprint density at radius 1 is 1.53 bits per heavy atom. The van der Waals surface area contributed by atoms with Crippen molar-refractivity contribution in [3.05, 3.63) is 36.3 Å². The maximum atomic E-state index is 9.03. The predicted molar refractivity (Wildman–Crippen MR) is 67.1 cm³/mol. The molecule has 0 spiro atoms. The van der Waals surface area contributed by atoms with Crippen LogP contribution in [0.1, 0.15) is 12.0 Å². The Morgan fingerprint density at radius 2 is 2.47 bits per heavy atom. The zero-order valence-corrected chi connectivity index (χ0v) is 10.4. The zero-order chi connectivity index (χ0) is 13.1. The summed E-state index contributed by atoms with van der Waals surface area (Å²) in [6, 6.07) is 3.64. The van der Waals surface area contributed by atoms with Crippen molar-refractivity contribution in [3.8, 4) is 11.6 Å². The van der Waals surface area contributed by atoms with Gasteiger partial charge < -0.3 is 14.6 Å². The van der Waals surface area contributed by atoms with Crippen molar-refractivity contribution in [1.82, 2.24) is 14.8 Å². The van der Waals surface area contributed by atoms with Crippen molar-refractivity contribution in [2.24, 2.45) is 0 Å². The first-order chi connectivity index (χ1) is 9.35. The van der Waals surface area contributed by atoms with E-state index in [0.717, 1.165) is 24.3 Å². The third-order valence-electron chi connectivity index (χ3n) is 2.96. The third kappa shape index (κ3) is 2.74. The average molecular weight is 261 g/mol. The summed E-state index contributed by atoms with van der Waals surface area (Å²) >= 11 is 0. The lowest BCUT2D eigenvalue weighted by atomic mass is 10.3. The lowest BCUT2D eigenvalue weighted by Crippen LogP contribution is -2.15. The minimum atomic E-state index is -0.0321. The predicted octanol–water partition coefficient (Wildman–Crippen LogP) is 0.927. The Morgan fingerprint density at radius 3 is 3.21 bits per heavy atom. The Labute approximate surface area is 110 Å². The Bertz CT molecular complexity index is 550. The highest BCUT2D eigenvalue weighted by Crippen LogP contribution is 2.18. The summed E-state index contributed by atoms with van der Waals surface area (Å²) in [6.07, 6.45) is 6.06. The molecule has 1 N–H and O–H groups in total. The number of aliphatic hydroxyl groups excluding tert-OH is 1. The molecule has 3 rings (SSSR count). The van der Waals surface area contributed by atoms with Gasteiger partial charge in [0, 0.05) is 30.4 Å². The van der Waals surface area contributed by atoms with Gasteiger partial charge in [0.2, 0.25) is 0 Å².